The number of rotatable bonds is 5. The lowest BCUT2D eigenvalue weighted by Crippen LogP contribution is -2.10. The predicted molar refractivity (Wildman–Crippen MR) is 200 cm³/mol. The quantitative estimate of drug-likeness (QED) is 0.189. The van der Waals surface area contributed by atoms with Crippen LogP contribution in [0.1, 0.15) is 0 Å². The minimum atomic E-state index is 1.12. The summed E-state index contributed by atoms with van der Waals surface area (Å²) in [6, 6.07) is 63.9. The highest BCUT2D eigenvalue weighted by Crippen LogP contribution is 2.46. The van der Waals surface area contributed by atoms with Crippen molar-refractivity contribution in [1.82, 2.24) is 0 Å². The van der Waals surface area contributed by atoms with Crippen LogP contribution in [0.15, 0.2) is 176 Å². The maximum atomic E-state index is 2.44. The largest absolute Gasteiger partial charge is 0.310 e. The Morgan fingerprint density at radius 1 is 0.391 bits per heavy atom. The molecule has 0 aliphatic rings. The van der Waals surface area contributed by atoms with Crippen LogP contribution >= 0.6 is 11.3 Å². The first kappa shape index (κ1) is 26.7. The summed E-state index contributed by atoms with van der Waals surface area (Å²) in [6.07, 6.45) is 0. The maximum absolute atomic E-state index is 2.44. The van der Waals surface area contributed by atoms with Crippen molar-refractivity contribution in [2.45, 2.75) is 0 Å². The van der Waals surface area contributed by atoms with Crippen LogP contribution in [0.3, 0.4) is 0 Å². The van der Waals surface area contributed by atoms with E-state index in [0.29, 0.717) is 0 Å². The first-order valence-electron chi connectivity index (χ1n) is 15.7. The van der Waals surface area contributed by atoms with E-state index in [1.165, 1.54) is 69.7 Å². The second-order valence-corrected chi connectivity index (χ2v) is 12.8. The molecule has 0 bridgehead atoms. The van der Waals surface area contributed by atoms with Crippen molar-refractivity contribution in [3.8, 4) is 22.3 Å². The van der Waals surface area contributed by atoms with Gasteiger partial charge in [-0.1, -0.05) is 140 Å². The highest BCUT2D eigenvalue weighted by molar-refractivity contribution is 7.26. The van der Waals surface area contributed by atoms with Gasteiger partial charge in [-0.2, -0.15) is 0 Å². The average Bonchev–Trinajstić information content (AvgIpc) is 3.51. The van der Waals surface area contributed by atoms with Crippen molar-refractivity contribution in [3.05, 3.63) is 176 Å². The number of anilines is 3. The molecule has 1 heterocycles. The second kappa shape index (κ2) is 11.0. The number of hydrogen-bond acceptors (Lipinski definition) is 2. The Hall–Kier alpha value is -5.70. The van der Waals surface area contributed by atoms with Gasteiger partial charge in [-0.15, -0.1) is 11.3 Å². The van der Waals surface area contributed by atoms with Crippen LogP contribution in [0.2, 0.25) is 0 Å². The van der Waals surface area contributed by atoms with Crippen molar-refractivity contribution in [2.24, 2.45) is 0 Å². The van der Waals surface area contributed by atoms with Crippen LogP contribution in [-0.2, 0) is 0 Å². The van der Waals surface area contributed by atoms with E-state index >= 15 is 0 Å². The molecule has 216 valence electrons. The Balaban J connectivity index is 1.28. The highest BCUT2D eigenvalue weighted by Gasteiger charge is 2.19. The number of nitrogens with zero attached hydrogens (tertiary/aromatic N) is 1. The third-order valence-corrected chi connectivity index (χ3v) is 10.2. The molecule has 0 fully saturated rings. The minimum Gasteiger partial charge on any atom is -0.310 e. The molecule has 0 spiro atoms. The Morgan fingerprint density at radius 3 is 1.98 bits per heavy atom. The summed E-state index contributed by atoms with van der Waals surface area (Å²) in [7, 11) is 0. The van der Waals surface area contributed by atoms with Crippen LogP contribution in [0.4, 0.5) is 17.1 Å². The zero-order valence-electron chi connectivity index (χ0n) is 25.1. The molecule has 0 atom stereocenters. The Morgan fingerprint density at radius 2 is 1.09 bits per heavy atom. The second-order valence-electron chi connectivity index (χ2n) is 11.7. The molecule has 8 aromatic carbocycles. The number of benzene rings is 8. The van der Waals surface area contributed by atoms with E-state index in [0.717, 1.165) is 11.4 Å². The molecule has 9 rings (SSSR count). The molecule has 0 N–H and O–H groups in total. The van der Waals surface area contributed by atoms with Crippen molar-refractivity contribution in [2.75, 3.05) is 4.90 Å². The molecule has 0 amide bonds. The van der Waals surface area contributed by atoms with Crippen molar-refractivity contribution in [3.63, 3.8) is 0 Å². The maximum Gasteiger partial charge on any atom is 0.0554 e. The Kier molecular flexibility index (Phi) is 6.40. The smallest absolute Gasteiger partial charge is 0.0554 e. The van der Waals surface area contributed by atoms with E-state index in [2.05, 4.69) is 181 Å². The molecule has 0 aliphatic heterocycles. The molecule has 0 saturated carbocycles. The Bertz CT molecular complexity index is 2520. The molecule has 1 nitrogen and oxygen atoms in total. The van der Waals surface area contributed by atoms with Gasteiger partial charge in [-0.25, -0.2) is 0 Å². The molecule has 0 unspecified atom stereocenters. The van der Waals surface area contributed by atoms with Gasteiger partial charge in [-0.05, 0) is 74.8 Å². The van der Waals surface area contributed by atoms with E-state index in [1.54, 1.807) is 0 Å². The third kappa shape index (κ3) is 4.46. The van der Waals surface area contributed by atoms with Crippen molar-refractivity contribution in [1.29, 1.82) is 0 Å². The van der Waals surface area contributed by atoms with Gasteiger partial charge in [0.1, 0.15) is 0 Å². The fraction of sp³-hybridized carbons (Fsp3) is 0. The van der Waals surface area contributed by atoms with Crippen LogP contribution < -0.4 is 4.90 Å². The Labute approximate surface area is 272 Å². The van der Waals surface area contributed by atoms with E-state index in [4.69, 9.17) is 0 Å². The van der Waals surface area contributed by atoms with Gasteiger partial charge < -0.3 is 4.90 Å². The molecule has 0 saturated heterocycles. The number of thiophene rings is 1. The van der Waals surface area contributed by atoms with Gasteiger partial charge in [0.15, 0.2) is 0 Å². The predicted octanol–water partition coefficient (Wildman–Crippen LogP) is 13.2. The van der Waals surface area contributed by atoms with E-state index in [-0.39, 0.29) is 0 Å². The van der Waals surface area contributed by atoms with Gasteiger partial charge in [0.25, 0.3) is 0 Å². The average molecular weight is 604 g/mol. The molecule has 2 heteroatoms. The third-order valence-electron chi connectivity index (χ3n) is 9.04. The van der Waals surface area contributed by atoms with Gasteiger partial charge in [0.2, 0.25) is 0 Å². The highest BCUT2D eigenvalue weighted by atomic mass is 32.1. The molecule has 0 radical (unpaired) electrons. The number of fused-ring (bicyclic) bond motifs is 6. The normalized spacial score (nSPS) is 11.5. The molecular formula is C44H29NS. The summed E-state index contributed by atoms with van der Waals surface area (Å²) in [6.45, 7) is 0. The minimum absolute atomic E-state index is 1.12. The lowest BCUT2D eigenvalue weighted by atomic mass is 9.97. The van der Waals surface area contributed by atoms with Crippen LogP contribution in [0.5, 0.6) is 0 Å². The first-order chi connectivity index (χ1) is 22.8. The summed E-state index contributed by atoms with van der Waals surface area (Å²) in [5.74, 6) is 0. The topological polar surface area (TPSA) is 3.24 Å². The lowest BCUT2D eigenvalue weighted by Gasteiger charge is -2.28. The fourth-order valence-electron chi connectivity index (χ4n) is 6.87. The molecule has 46 heavy (non-hydrogen) atoms. The molecule has 1 aromatic heterocycles. The van der Waals surface area contributed by atoms with Crippen LogP contribution in [0, 0.1) is 0 Å². The molecular weight excluding hydrogens is 575 g/mol. The first-order valence-corrected chi connectivity index (χ1v) is 16.5. The van der Waals surface area contributed by atoms with Crippen LogP contribution in [-0.4, -0.2) is 0 Å². The van der Waals surface area contributed by atoms with E-state index in [9.17, 15) is 0 Å². The fourth-order valence-corrected chi connectivity index (χ4v) is 8.14. The zero-order valence-corrected chi connectivity index (χ0v) is 25.9. The standard InChI is InChI=1S/C44H29NS/c1-2-11-30(12-3-1)34-16-8-17-36(29-34)45(35-26-23-32(24-27-35)38-20-9-14-31-13-4-5-18-37(31)38)41-21-10-15-33-25-28-40-39-19-6-7-22-42(39)46-44(40)43(33)41/h1-29H. The monoisotopic (exact) mass is 603 g/mol. The summed E-state index contributed by atoms with van der Waals surface area (Å²) in [5, 5.41) is 7.68. The lowest BCUT2D eigenvalue weighted by molar-refractivity contribution is 1.30. The summed E-state index contributed by atoms with van der Waals surface area (Å²) >= 11 is 1.89. The van der Waals surface area contributed by atoms with Crippen molar-refractivity contribution >= 4 is 70.1 Å². The number of hydrogen-bond donors (Lipinski definition) is 0. The van der Waals surface area contributed by atoms with Crippen molar-refractivity contribution < 1.29 is 0 Å². The van der Waals surface area contributed by atoms with Gasteiger partial charge in [-0.3, -0.25) is 0 Å². The summed E-state index contributed by atoms with van der Waals surface area (Å²) < 4.78 is 2.64. The van der Waals surface area contributed by atoms with E-state index < -0.39 is 0 Å². The van der Waals surface area contributed by atoms with Gasteiger partial charge >= 0.3 is 0 Å². The van der Waals surface area contributed by atoms with Crippen LogP contribution in [0.25, 0.3) is 64.0 Å². The van der Waals surface area contributed by atoms with Gasteiger partial charge in [0.05, 0.1) is 5.69 Å². The SMILES string of the molecule is c1ccc(-c2cccc(N(c3ccc(-c4cccc5ccccc45)cc3)c3cccc4ccc5c6ccccc6sc5c34)c2)cc1. The molecule has 9 aromatic rings. The zero-order chi connectivity index (χ0) is 30.5. The van der Waals surface area contributed by atoms with Gasteiger partial charge in [0, 0.05) is 36.9 Å². The summed E-state index contributed by atoms with van der Waals surface area (Å²) in [4.78, 5) is 2.44. The summed E-state index contributed by atoms with van der Waals surface area (Å²) in [5.41, 5.74) is 8.30. The molecule has 0 aliphatic carbocycles. The van der Waals surface area contributed by atoms with E-state index in [1.807, 2.05) is 11.3 Å².